The zero-order valence-electron chi connectivity index (χ0n) is 62.5. The lowest BCUT2D eigenvalue weighted by Crippen LogP contribution is -2.41. The molecular formula is C68H125N15O15S10. The molecule has 0 radical (unpaired) electrons. The Morgan fingerprint density at radius 1 is 0.389 bits per heavy atom. The van der Waals surface area contributed by atoms with Crippen molar-refractivity contribution in [1.29, 1.82) is 5.41 Å². The summed E-state index contributed by atoms with van der Waals surface area (Å²) in [5, 5.41) is 60.3. The summed E-state index contributed by atoms with van der Waals surface area (Å²) in [5.74, 6) is 1.87. The first-order chi connectivity index (χ1) is 51.8. The fraction of sp³-hybridized carbons (Fsp3) is 0.809. The highest BCUT2D eigenvalue weighted by atomic mass is 33.1. The average Bonchev–Trinajstić information content (AvgIpc) is 1.57. The normalized spacial score (nSPS) is 18.4. The van der Waals surface area contributed by atoms with Gasteiger partial charge in [-0.25, -0.2) is 14.4 Å². The molecule has 0 spiro atoms. The Kier molecular flexibility index (Phi) is 68.3. The molecular weight excluding hydrogens is 1590 g/mol. The molecule has 0 aromatic rings. The van der Waals surface area contributed by atoms with Gasteiger partial charge in [-0.1, -0.05) is 146 Å². The predicted octanol–water partition coefficient (Wildman–Crippen LogP) is 9.00. The molecule has 5 saturated heterocycles. The highest BCUT2D eigenvalue weighted by Gasteiger charge is 2.25. The van der Waals surface area contributed by atoms with E-state index in [9.17, 15) is 48.3 Å². The van der Waals surface area contributed by atoms with Crippen molar-refractivity contribution < 1.29 is 73.2 Å². The largest absolute Gasteiger partial charge is 0.480 e. The maximum atomic E-state index is 11.9. The highest BCUT2D eigenvalue weighted by Crippen LogP contribution is 2.43. The minimum Gasteiger partial charge on any atom is -0.480 e. The number of rotatable bonds is 52. The second-order valence-corrected chi connectivity index (χ2v) is 39.9. The average molecular weight is 1710 g/mol. The Hall–Kier alpha value is -3.96. The van der Waals surface area contributed by atoms with Gasteiger partial charge in [0.2, 0.25) is 29.5 Å². The number of aliphatic imine (C=N–C) groups is 2. The molecule has 0 aliphatic carbocycles. The van der Waals surface area contributed by atoms with Gasteiger partial charge in [-0.15, -0.1) is 0 Å². The van der Waals surface area contributed by atoms with E-state index in [0.717, 1.165) is 111 Å². The summed E-state index contributed by atoms with van der Waals surface area (Å²) in [6, 6.07) is -3.44. The molecule has 0 unspecified atom stereocenters. The molecule has 30 nitrogen and oxygen atoms in total. The van der Waals surface area contributed by atoms with E-state index in [1.54, 1.807) is 0 Å². The van der Waals surface area contributed by atoms with Gasteiger partial charge in [0.1, 0.15) is 24.2 Å². The third-order valence-corrected chi connectivity index (χ3v) is 31.6. The molecule has 0 bridgehead atoms. The predicted molar refractivity (Wildman–Crippen MR) is 453 cm³/mol. The molecule has 9 atom stereocenters. The van der Waals surface area contributed by atoms with Gasteiger partial charge < -0.3 is 87.1 Å². The molecule has 24 N–H and O–H groups in total. The lowest BCUT2D eigenvalue weighted by atomic mass is 10.1. The first kappa shape index (κ1) is 104. The molecule has 5 fully saturated rings. The highest BCUT2D eigenvalue weighted by molar-refractivity contribution is 8.78. The van der Waals surface area contributed by atoms with Crippen molar-refractivity contribution in [3.05, 3.63) is 0 Å². The van der Waals surface area contributed by atoms with E-state index in [4.69, 9.17) is 70.5 Å². The summed E-state index contributed by atoms with van der Waals surface area (Å²) in [7, 11) is 19.5. The number of hydrogen-bond acceptors (Lipinski definition) is 26. The van der Waals surface area contributed by atoms with Crippen molar-refractivity contribution in [3.8, 4) is 0 Å². The van der Waals surface area contributed by atoms with Crippen molar-refractivity contribution in [2.75, 3.05) is 61.5 Å². The zero-order chi connectivity index (χ0) is 80.4. The summed E-state index contributed by atoms with van der Waals surface area (Å²) < 4.78 is 0. The van der Waals surface area contributed by atoms with E-state index in [1.807, 2.05) is 108 Å². The molecule has 5 amide bonds. The number of nitrogens with one attached hydrogen (secondary N) is 6. The smallest absolute Gasteiger partial charge is 0.373 e. The molecule has 40 heteroatoms. The van der Waals surface area contributed by atoms with Crippen LogP contribution < -0.4 is 66.7 Å². The fourth-order valence-corrected chi connectivity index (χ4v) is 25.7. The number of amides is 5. The standard InChI is InChI=1S/C15H28N4O3S2.C15H27N3O3S2.C13H24N4O3S2.C13H24N2O3S2.C11H22N2OS2.CO2/c16-15(17)18-9-4-3-6-12(14(21)22)19-13(20)7-2-1-5-11-8-10-23-24-11;16-13(17)7-3-2-6-12(15(20)21)18-14(19)8-4-1-5-11-9-10-22-23-11;14-13(15)16-7-5-10(12(19)20)17-11(18)4-2-1-3-9-6-8-21-22-9;14-11(13(17)18)5-3-8-15-12(16)6-2-1-4-10-7-9-19-20-10;12-7-3-8-13-11(14)5-2-1-4-10-6-9-15-16-10;2-1-3/h11-12H,1-10H2,(H,19,20)(H,21,22)(H4,16,17,18);11-12H,1-10H2,(H3,16,17)(H,18,19)(H,20,21);9-10H,1-8H2,(H,17,18)(H,19,20)(H4,14,15,16);10-11H,1-9,14H2,(H,15,16)(H,17,18);10H,1-9,12H2,(H,13,14);/t2*11-,12+;9-,10+;10-,11+;10-;/m11111./s1. The van der Waals surface area contributed by atoms with Crippen LogP contribution in [0.3, 0.4) is 0 Å². The van der Waals surface area contributed by atoms with Crippen LogP contribution in [0.25, 0.3) is 0 Å². The van der Waals surface area contributed by atoms with Crippen molar-refractivity contribution in [1.82, 2.24) is 26.6 Å². The molecule has 0 saturated carbocycles. The van der Waals surface area contributed by atoms with E-state index < -0.39 is 48.0 Å². The van der Waals surface area contributed by atoms with E-state index in [0.29, 0.717) is 115 Å². The second kappa shape index (κ2) is 70.9. The first-order valence-corrected chi connectivity index (χ1v) is 49.3. The van der Waals surface area contributed by atoms with Crippen molar-refractivity contribution in [2.45, 2.75) is 282 Å². The maximum Gasteiger partial charge on any atom is 0.373 e. The number of carbonyl (C=O) groups is 9. The van der Waals surface area contributed by atoms with Gasteiger partial charge in [0, 0.05) is 120 Å². The number of guanidine groups is 2. The number of carboxylic acid groups (broad SMARTS) is 4. The summed E-state index contributed by atoms with van der Waals surface area (Å²) in [5.41, 5.74) is 36.8. The van der Waals surface area contributed by atoms with Gasteiger partial charge >= 0.3 is 30.0 Å². The Morgan fingerprint density at radius 3 is 0.972 bits per heavy atom. The van der Waals surface area contributed by atoms with E-state index >= 15 is 0 Å². The fourth-order valence-electron chi connectivity index (χ4n) is 10.5. The first-order valence-electron chi connectivity index (χ1n) is 37.4. The molecule has 108 heavy (non-hydrogen) atoms. The molecule has 5 aliphatic heterocycles. The Bertz CT molecular complexity index is 2580. The van der Waals surface area contributed by atoms with E-state index in [2.05, 4.69) is 36.6 Å². The van der Waals surface area contributed by atoms with Crippen LogP contribution in [0.15, 0.2) is 9.98 Å². The number of nitrogens with two attached hydrogens (primary N) is 7. The van der Waals surface area contributed by atoms with Crippen molar-refractivity contribution in [2.24, 2.45) is 50.1 Å². The lowest BCUT2D eigenvalue weighted by Gasteiger charge is -2.14. The number of aliphatic carboxylic acids is 4. The number of amidine groups is 1. The van der Waals surface area contributed by atoms with Crippen LogP contribution in [0.2, 0.25) is 0 Å². The minimum absolute atomic E-state index is 0.0349. The van der Waals surface area contributed by atoms with Gasteiger partial charge in [0.05, 0.1) is 5.84 Å². The van der Waals surface area contributed by atoms with Crippen LogP contribution >= 0.6 is 108 Å². The molecule has 5 rings (SSSR count). The molecule has 0 aromatic heterocycles. The molecule has 622 valence electrons. The number of carboxylic acids is 4. The van der Waals surface area contributed by atoms with Crippen LogP contribution in [0.5, 0.6) is 0 Å². The number of unbranched alkanes of at least 4 members (excludes halogenated alkanes) is 7. The number of hydrogen-bond donors (Lipinski definition) is 17. The quantitative estimate of drug-likeness (QED) is 0.0117. The molecule has 5 heterocycles. The van der Waals surface area contributed by atoms with Gasteiger partial charge in [-0.3, -0.25) is 44.2 Å². The van der Waals surface area contributed by atoms with Gasteiger partial charge in [-0.05, 0) is 161 Å². The van der Waals surface area contributed by atoms with Gasteiger partial charge in [-0.2, -0.15) is 9.59 Å². The molecule has 0 aromatic carbocycles. The second-order valence-electron chi connectivity index (χ2n) is 25.9. The molecule has 5 aliphatic rings. The monoisotopic (exact) mass is 1710 g/mol. The number of carbonyl (C=O) groups excluding carboxylic acids is 7. The van der Waals surface area contributed by atoms with Crippen LogP contribution in [0.1, 0.15) is 231 Å². The third kappa shape index (κ3) is 64.5. The van der Waals surface area contributed by atoms with E-state index in [-0.39, 0.29) is 66.4 Å². The number of nitrogens with zero attached hydrogens (tertiary/aromatic N) is 2. The minimum atomic E-state index is -1.07. The van der Waals surface area contributed by atoms with Crippen LogP contribution in [-0.4, -0.2) is 210 Å². The zero-order valence-corrected chi connectivity index (χ0v) is 70.7. The van der Waals surface area contributed by atoms with Crippen LogP contribution in [-0.2, 0) is 52.7 Å². The Labute approximate surface area is 678 Å². The van der Waals surface area contributed by atoms with Gasteiger partial charge in [0.15, 0.2) is 11.9 Å². The topological polar surface area (TPSA) is 560 Å². The summed E-state index contributed by atoms with van der Waals surface area (Å²) in [6.07, 6.45) is 30.5. The Morgan fingerprint density at radius 2 is 0.685 bits per heavy atom. The third-order valence-electron chi connectivity index (χ3n) is 16.6. The Balaban J connectivity index is 0.00000132. The summed E-state index contributed by atoms with van der Waals surface area (Å²) in [6.45, 7) is 2.53. The summed E-state index contributed by atoms with van der Waals surface area (Å²) in [4.78, 5) is 126. The SMILES string of the molecule is N=C(N)CCCC[C@H](NC(=O)CCCC[C@@H]1CCSS1)C(=O)O.NC(N)=NCCCC[C@H](NC(=O)CCCC[C@@H]1CCSS1)C(=O)O.NC(N)=NCC[C@H](NC(=O)CCCC[C@@H]1CCSS1)C(=O)O.NCCCNC(=O)CCCC[C@@H]1CCSS1.N[C@@H](CCCNC(=O)CCCC[C@@H]1CCSS1)C(=O)O.O=C=O. The van der Waals surface area contributed by atoms with Crippen molar-refractivity contribution in [3.63, 3.8) is 0 Å². The summed E-state index contributed by atoms with van der Waals surface area (Å²) >= 11 is 0. The van der Waals surface area contributed by atoms with Crippen molar-refractivity contribution >= 4 is 185 Å². The maximum absolute atomic E-state index is 11.9. The van der Waals surface area contributed by atoms with Crippen LogP contribution in [0.4, 0.5) is 0 Å². The van der Waals surface area contributed by atoms with Gasteiger partial charge in [0.25, 0.3) is 0 Å². The van der Waals surface area contributed by atoms with E-state index in [1.165, 1.54) is 80.1 Å². The lowest BCUT2D eigenvalue weighted by molar-refractivity contribution is -0.192. The van der Waals surface area contributed by atoms with Crippen LogP contribution in [0, 0.1) is 5.41 Å².